The standard InChI is InChI=1S/C24H28N2O5/c1-18-14-22(19(2)26(18)16-21-10-7-12-30-21)24(28)31-17-23(27)25(11-13-29-3)15-20-8-5-4-6-9-20/h4-10,12,14H,11,13,15-17H2,1-3H3. The van der Waals surface area contributed by atoms with Crippen molar-refractivity contribution in [3.63, 3.8) is 0 Å². The van der Waals surface area contributed by atoms with Gasteiger partial charge in [0.05, 0.1) is 25.0 Å². The largest absolute Gasteiger partial charge is 0.467 e. The number of aryl methyl sites for hydroxylation is 1. The summed E-state index contributed by atoms with van der Waals surface area (Å²) < 4.78 is 17.9. The zero-order valence-electron chi connectivity index (χ0n) is 18.2. The Morgan fingerprint density at radius 1 is 1.10 bits per heavy atom. The van der Waals surface area contributed by atoms with Crippen molar-refractivity contribution >= 4 is 11.9 Å². The van der Waals surface area contributed by atoms with Gasteiger partial charge in [-0.3, -0.25) is 4.79 Å². The summed E-state index contributed by atoms with van der Waals surface area (Å²) in [5.74, 6) is 0.0174. The molecule has 3 aromatic rings. The molecule has 3 rings (SSSR count). The molecular weight excluding hydrogens is 396 g/mol. The van der Waals surface area contributed by atoms with Crippen LogP contribution < -0.4 is 0 Å². The number of aromatic nitrogens is 1. The number of amides is 1. The Labute approximate surface area is 182 Å². The average Bonchev–Trinajstić information content (AvgIpc) is 3.39. The van der Waals surface area contributed by atoms with Crippen LogP contribution in [0.5, 0.6) is 0 Å². The molecule has 0 radical (unpaired) electrons. The fraction of sp³-hybridized carbons (Fsp3) is 0.333. The first-order valence-corrected chi connectivity index (χ1v) is 10.2. The second kappa shape index (κ2) is 10.6. The number of methoxy groups -OCH3 is 1. The number of hydrogen-bond donors (Lipinski definition) is 0. The summed E-state index contributed by atoms with van der Waals surface area (Å²) in [6.45, 7) is 5.23. The number of rotatable bonds is 10. The zero-order chi connectivity index (χ0) is 22.2. The molecule has 0 atom stereocenters. The maximum Gasteiger partial charge on any atom is 0.340 e. The normalized spacial score (nSPS) is 10.8. The predicted molar refractivity (Wildman–Crippen MR) is 116 cm³/mol. The summed E-state index contributed by atoms with van der Waals surface area (Å²) in [6.07, 6.45) is 1.62. The molecule has 1 aromatic carbocycles. The monoisotopic (exact) mass is 424 g/mol. The van der Waals surface area contributed by atoms with Gasteiger partial charge >= 0.3 is 5.97 Å². The minimum absolute atomic E-state index is 0.265. The maximum atomic E-state index is 12.7. The van der Waals surface area contributed by atoms with Crippen molar-refractivity contribution in [2.24, 2.45) is 0 Å². The smallest absolute Gasteiger partial charge is 0.340 e. The quantitative estimate of drug-likeness (QED) is 0.465. The van der Waals surface area contributed by atoms with Crippen LogP contribution in [-0.4, -0.2) is 48.2 Å². The van der Waals surface area contributed by atoms with Crippen LogP contribution in [0.15, 0.2) is 59.2 Å². The van der Waals surface area contributed by atoms with Crippen molar-refractivity contribution in [1.29, 1.82) is 0 Å². The highest BCUT2D eigenvalue weighted by molar-refractivity contribution is 5.92. The van der Waals surface area contributed by atoms with E-state index in [2.05, 4.69) is 0 Å². The van der Waals surface area contributed by atoms with Gasteiger partial charge in [-0.05, 0) is 37.6 Å². The molecule has 0 N–H and O–H groups in total. The Morgan fingerprint density at radius 2 is 1.87 bits per heavy atom. The summed E-state index contributed by atoms with van der Waals surface area (Å²) in [4.78, 5) is 27.0. The van der Waals surface area contributed by atoms with Crippen LogP contribution in [0.4, 0.5) is 0 Å². The SMILES string of the molecule is COCCN(Cc1ccccc1)C(=O)COC(=O)c1cc(C)n(Cc2ccco2)c1C. The Hall–Kier alpha value is -3.32. The Bertz CT molecular complexity index is 993. The zero-order valence-corrected chi connectivity index (χ0v) is 18.2. The molecule has 1 amide bonds. The molecule has 0 aliphatic carbocycles. The molecule has 0 aliphatic heterocycles. The molecular formula is C24H28N2O5. The second-order valence-corrected chi connectivity index (χ2v) is 7.32. The van der Waals surface area contributed by atoms with Crippen molar-refractivity contribution < 1.29 is 23.5 Å². The Morgan fingerprint density at radius 3 is 2.55 bits per heavy atom. The number of hydrogen-bond acceptors (Lipinski definition) is 5. The molecule has 0 fully saturated rings. The van der Waals surface area contributed by atoms with Gasteiger partial charge in [0.1, 0.15) is 5.76 Å². The molecule has 7 nitrogen and oxygen atoms in total. The number of furan rings is 1. The van der Waals surface area contributed by atoms with Crippen LogP contribution in [0.2, 0.25) is 0 Å². The van der Waals surface area contributed by atoms with E-state index in [1.54, 1.807) is 24.3 Å². The fourth-order valence-corrected chi connectivity index (χ4v) is 3.40. The van der Waals surface area contributed by atoms with Crippen molar-refractivity contribution in [2.45, 2.75) is 26.9 Å². The number of carbonyl (C=O) groups is 2. The molecule has 0 aliphatic rings. The number of esters is 1. The molecule has 0 spiro atoms. The first-order valence-electron chi connectivity index (χ1n) is 10.2. The molecule has 0 unspecified atom stereocenters. The molecule has 0 saturated heterocycles. The number of carbonyl (C=O) groups excluding carboxylic acids is 2. The average molecular weight is 424 g/mol. The lowest BCUT2D eigenvalue weighted by Gasteiger charge is -2.22. The van der Waals surface area contributed by atoms with E-state index in [0.717, 1.165) is 22.7 Å². The minimum atomic E-state index is -0.515. The van der Waals surface area contributed by atoms with Crippen molar-refractivity contribution in [1.82, 2.24) is 9.47 Å². The van der Waals surface area contributed by atoms with E-state index in [-0.39, 0.29) is 12.5 Å². The van der Waals surface area contributed by atoms with Crippen molar-refractivity contribution in [2.75, 3.05) is 26.9 Å². The van der Waals surface area contributed by atoms with Gasteiger partial charge in [0.25, 0.3) is 5.91 Å². The van der Waals surface area contributed by atoms with Crippen LogP contribution in [0.1, 0.15) is 33.1 Å². The van der Waals surface area contributed by atoms with E-state index >= 15 is 0 Å². The van der Waals surface area contributed by atoms with Crippen molar-refractivity contribution in [3.8, 4) is 0 Å². The van der Waals surface area contributed by atoms with Gasteiger partial charge in [0.15, 0.2) is 6.61 Å². The number of nitrogens with zero attached hydrogens (tertiary/aromatic N) is 2. The molecule has 164 valence electrons. The predicted octanol–water partition coefficient (Wildman–Crippen LogP) is 3.58. The lowest BCUT2D eigenvalue weighted by atomic mass is 10.2. The third kappa shape index (κ3) is 5.86. The Kier molecular flexibility index (Phi) is 7.67. The first kappa shape index (κ1) is 22.4. The van der Waals surface area contributed by atoms with E-state index in [1.165, 1.54) is 0 Å². The topological polar surface area (TPSA) is 73.9 Å². The van der Waals surface area contributed by atoms with Crippen LogP contribution in [0.3, 0.4) is 0 Å². The molecule has 31 heavy (non-hydrogen) atoms. The van der Waals surface area contributed by atoms with Crippen LogP contribution in [0, 0.1) is 13.8 Å². The van der Waals surface area contributed by atoms with Crippen LogP contribution in [-0.2, 0) is 27.4 Å². The van der Waals surface area contributed by atoms with E-state index in [0.29, 0.717) is 31.8 Å². The third-order valence-corrected chi connectivity index (χ3v) is 5.15. The number of ether oxygens (including phenoxy) is 2. The van der Waals surface area contributed by atoms with E-state index < -0.39 is 5.97 Å². The highest BCUT2D eigenvalue weighted by Gasteiger charge is 2.21. The van der Waals surface area contributed by atoms with Gasteiger partial charge < -0.3 is 23.4 Å². The highest BCUT2D eigenvalue weighted by Crippen LogP contribution is 2.18. The van der Waals surface area contributed by atoms with Gasteiger partial charge in [-0.2, -0.15) is 0 Å². The molecule has 2 heterocycles. The van der Waals surface area contributed by atoms with Crippen LogP contribution >= 0.6 is 0 Å². The van der Waals surface area contributed by atoms with Crippen molar-refractivity contribution in [3.05, 3.63) is 83.1 Å². The number of benzene rings is 1. The summed E-state index contributed by atoms with van der Waals surface area (Å²) in [7, 11) is 1.59. The minimum Gasteiger partial charge on any atom is -0.467 e. The summed E-state index contributed by atoms with van der Waals surface area (Å²) in [5, 5.41) is 0. The van der Waals surface area contributed by atoms with E-state index in [9.17, 15) is 9.59 Å². The lowest BCUT2D eigenvalue weighted by Crippen LogP contribution is -2.36. The lowest BCUT2D eigenvalue weighted by molar-refractivity contribution is -0.135. The molecule has 0 bridgehead atoms. The first-order chi connectivity index (χ1) is 15.0. The summed E-state index contributed by atoms with van der Waals surface area (Å²) in [6, 6.07) is 15.2. The van der Waals surface area contributed by atoms with E-state index in [4.69, 9.17) is 13.9 Å². The van der Waals surface area contributed by atoms with Crippen LogP contribution in [0.25, 0.3) is 0 Å². The van der Waals surface area contributed by atoms with Gasteiger partial charge in [0.2, 0.25) is 0 Å². The van der Waals surface area contributed by atoms with Gasteiger partial charge in [-0.15, -0.1) is 0 Å². The fourth-order valence-electron chi connectivity index (χ4n) is 3.40. The highest BCUT2D eigenvalue weighted by atomic mass is 16.5. The Balaban J connectivity index is 1.63. The van der Waals surface area contributed by atoms with Gasteiger partial charge in [0, 0.05) is 31.6 Å². The third-order valence-electron chi connectivity index (χ3n) is 5.15. The molecule has 7 heteroatoms. The summed E-state index contributed by atoms with van der Waals surface area (Å²) in [5.41, 5.74) is 3.13. The molecule has 0 saturated carbocycles. The van der Waals surface area contributed by atoms with E-state index in [1.807, 2.05) is 60.9 Å². The van der Waals surface area contributed by atoms with Gasteiger partial charge in [-0.25, -0.2) is 4.79 Å². The summed E-state index contributed by atoms with van der Waals surface area (Å²) >= 11 is 0. The van der Waals surface area contributed by atoms with Gasteiger partial charge in [-0.1, -0.05) is 30.3 Å². The molecule has 2 aromatic heterocycles. The maximum absolute atomic E-state index is 12.7. The second-order valence-electron chi connectivity index (χ2n) is 7.32.